The lowest BCUT2D eigenvalue weighted by Gasteiger charge is -1.98. The number of benzene rings is 1. The maximum absolute atomic E-state index is 10.8. The van der Waals surface area contributed by atoms with Gasteiger partial charge in [-0.15, -0.1) is 0 Å². The fourth-order valence-corrected chi connectivity index (χ4v) is 1.59. The minimum absolute atomic E-state index is 0.0165. The van der Waals surface area contributed by atoms with E-state index in [1.54, 1.807) is 0 Å². The Hall–Kier alpha value is -0.620. The molecule has 1 rings (SSSR count). The Labute approximate surface area is 93.8 Å². The van der Waals surface area contributed by atoms with Crippen molar-refractivity contribution in [2.45, 2.75) is 25.3 Å². The largest absolute Gasteiger partial charge is 0.261 e. The van der Waals surface area contributed by atoms with Crippen LogP contribution in [0.25, 0.3) is 0 Å². The van der Waals surface area contributed by atoms with E-state index in [4.69, 9.17) is 15.9 Å². The summed E-state index contributed by atoms with van der Waals surface area (Å²) in [6.45, 7) is 4.02. The van der Waals surface area contributed by atoms with Crippen molar-refractivity contribution in [2.24, 2.45) is 0 Å². The molecule has 0 unspecified atom stereocenters. The predicted octanol–water partition coefficient (Wildman–Crippen LogP) is 2.63. The fourth-order valence-electron chi connectivity index (χ4n) is 0.823. The maximum atomic E-state index is 10.8. The van der Waals surface area contributed by atoms with E-state index in [0.29, 0.717) is 5.56 Å². The molecular formula is C9H13ClO4S. The van der Waals surface area contributed by atoms with Crippen LogP contribution in [-0.4, -0.2) is 13.7 Å². The first kappa shape index (κ1) is 14.4. The molecule has 4 nitrogen and oxygen atoms in total. The summed E-state index contributed by atoms with van der Waals surface area (Å²) in [4.78, 5) is 3.89. The summed E-state index contributed by atoms with van der Waals surface area (Å²) >= 11 is 0. The lowest BCUT2D eigenvalue weighted by atomic mass is 10.2. The van der Waals surface area contributed by atoms with Gasteiger partial charge >= 0.3 is 0 Å². The monoisotopic (exact) mass is 252 g/mol. The van der Waals surface area contributed by atoms with Gasteiger partial charge in [0.05, 0.1) is 4.90 Å². The van der Waals surface area contributed by atoms with Crippen LogP contribution in [0.3, 0.4) is 0 Å². The van der Waals surface area contributed by atoms with Gasteiger partial charge < -0.3 is 0 Å². The molecule has 0 atom stereocenters. The van der Waals surface area contributed by atoms with Crippen molar-refractivity contribution in [1.82, 2.24) is 0 Å². The second kappa shape index (κ2) is 6.79. The number of hydrogen-bond donors (Lipinski definition) is 1. The topological polar surface area (TPSA) is 63.6 Å². The van der Waals surface area contributed by atoms with Gasteiger partial charge in [-0.25, -0.2) is 13.3 Å². The van der Waals surface area contributed by atoms with Crippen LogP contribution < -0.4 is 0 Å². The minimum atomic E-state index is -3.67. The van der Waals surface area contributed by atoms with Crippen molar-refractivity contribution in [1.29, 1.82) is 0 Å². The van der Waals surface area contributed by atoms with E-state index < -0.39 is 9.05 Å². The average molecular weight is 253 g/mol. The highest BCUT2D eigenvalue weighted by atomic mass is 35.7. The van der Waals surface area contributed by atoms with Crippen LogP contribution in [0.15, 0.2) is 29.2 Å². The molecule has 0 amide bonds. The molecule has 0 saturated carbocycles. The zero-order chi connectivity index (χ0) is 11.9. The summed E-state index contributed by atoms with van der Waals surface area (Å²) in [5.41, 5.74) is 0.659. The molecule has 1 aromatic carbocycles. The van der Waals surface area contributed by atoms with Crippen LogP contribution in [0, 0.1) is 0 Å². The molecule has 6 heteroatoms. The van der Waals surface area contributed by atoms with Crippen LogP contribution in [0.1, 0.15) is 19.4 Å². The van der Waals surface area contributed by atoms with E-state index in [1.807, 2.05) is 13.8 Å². The fraction of sp³-hybridized carbons (Fsp3) is 0.333. The van der Waals surface area contributed by atoms with Crippen molar-refractivity contribution in [2.75, 3.05) is 0 Å². The Bertz CT molecular complexity index is 372. The Kier molecular flexibility index (Phi) is 6.51. The second-order valence-corrected chi connectivity index (χ2v) is 4.92. The molecule has 1 N–H and O–H groups in total. The highest BCUT2D eigenvalue weighted by Crippen LogP contribution is 2.15. The molecule has 0 fully saturated rings. The molecule has 86 valence electrons. The predicted molar refractivity (Wildman–Crippen MR) is 58.2 cm³/mol. The van der Waals surface area contributed by atoms with Gasteiger partial charge in [0.15, 0.2) is 0 Å². The lowest BCUT2D eigenvalue weighted by Crippen LogP contribution is -1.92. The van der Waals surface area contributed by atoms with Gasteiger partial charge in [0.1, 0.15) is 6.61 Å². The Morgan fingerprint density at radius 1 is 1.27 bits per heavy atom. The second-order valence-electron chi connectivity index (χ2n) is 2.36. The smallest absolute Gasteiger partial charge is 0.251 e. The van der Waals surface area contributed by atoms with Crippen LogP contribution in [-0.2, 0) is 20.5 Å². The van der Waals surface area contributed by atoms with E-state index in [0.717, 1.165) is 0 Å². The van der Waals surface area contributed by atoms with Crippen molar-refractivity contribution in [3.8, 4) is 0 Å². The van der Waals surface area contributed by atoms with E-state index in [9.17, 15) is 8.42 Å². The third-order valence-corrected chi connectivity index (χ3v) is 2.81. The van der Waals surface area contributed by atoms with Gasteiger partial charge in [0.25, 0.3) is 9.05 Å². The van der Waals surface area contributed by atoms with Crippen molar-refractivity contribution in [3.05, 3.63) is 29.8 Å². The van der Waals surface area contributed by atoms with Gasteiger partial charge in [-0.1, -0.05) is 26.0 Å². The molecule has 1 aromatic rings. The first-order chi connectivity index (χ1) is 7.04. The molecule has 0 aliphatic carbocycles. The van der Waals surface area contributed by atoms with Crippen LogP contribution in [0.2, 0.25) is 0 Å². The van der Waals surface area contributed by atoms with E-state index in [-0.39, 0.29) is 11.5 Å². The normalized spacial score (nSPS) is 10.4. The number of rotatable bonds is 3. The highest BCUT2D eigenvalue weighted by molar-refractivity contribution is 8.13. The van der Waals surface area contributed by atoms with Gasteiger partial charge in [-0.2, -0.15) is 0 Å². The maximum Gasteiger partial charge on any atom is 0.261 e. The summed E-state index contributed by atoms with van der Waals surface area (Å²) in [6.07, 6.45) is 0. The molecule has 0 saturated heterocycles. The molecule has 0 heterocycles. The summed E-state index contributed by atoms with van der Waals surface area (Å²) in [7, 11) is 1.41. The summed E-state index contributed by atoms with van der Waals surface area (Å²) in [5, 5.41) is 8.10. The molecule has 0 aliphatic heterocycles. The SMILES string of the molecule is CC.O=S(=O)(Cl)c1ccc(COO)cc1. The standard InChI is InChI=1S/C7H7ClO4S.C2H6/c8-13(10,11)7-3-1-6(2-4-7)5-12-9;1-2/h1-4,9H,5H2;1-2H3. The lowest BCUT2D eigenvalue weighted by molar-refractivity contribution is -0.253. The van der Waals surface area contributed by atoms with Crippen molar-refractivity contribution >= 4 is 19.7 Å². The summed E-state index contributed by atoms with van der Waals surface area (Å²) in [5.74, 6) is 0. The Balaban J connectivity index is 0.000000921. The third-order valence-electron chi connectivity index (χ3n) is 1.44. The van der Waals surface area contributed by atoms with Crippen molar-refractivity contribution in [3.63, 3.8) is 0 Å². The zero-order valence-electron chi connectivity index (χ0n) is 8.47. The van der Waals surface area contributed by atoms with Crippen LogP contribution in [0.5, 0.6) is 0 Å². The van der Waals surface area contributed by atoms with Gasteiger partial charge in [-0.05, 0) is 17.7 Å². The van der Waals surface area contributed by atoms with E-state index in [1.165, 1.54) is 24.3 Å². The third kappa shape index (κ3) is 5.13. The van der Waals surface area contributed by atoms with E-state index >= 15 is 0 Å². The zero-order valence-corrected chi connectivity index (χ0v) is 10.0. The minimum Gasteiger partial charge on any atom is -0.251 e. The Morgan fingerprint density at radius 2 is 1.73 bits per heavy atom. The van der Waals surface area contributed by atoms with E-state index in [2.05, 4.69) is 4.89 Å². The van der Waals surface area contributed by atoms with Gasteiger partial charge in [0.2, 0.25) is 0 Å². The first-order valence-corrected chi connectivity index (χ1v) is 6.65. The molecule has 0 radical (unpaired) electrons. The molecule has 0 spiro atoms. The Morgan fingerprint density at radius 3 is 2.07 bits per heavy atom. The molecule has 0 aliphatic rings. The highest BCUT2D eigenvalue weighted by Gasteiger charge is 2.08. The number of halogens is 1. The van der Waals surface area contributed by atoms with Gasteiger partial charge in [-0.3, -0.25) is 5.26 Å². The summed E-state index contributed by atoms with van der Waals surface area (Å²) < 4.78 is 21.6. The first-order valence-electron chi connectivity index (χ1n) is 4.34. The molecule has 15 heavy (non-hydrogen) atoms. The molecule has 0 aromatic heterocycles. The number of hydrogen-bond acceptors (Lipinski definition) is 4. The molecule has 0 bridgehead atoms. The molecular weight excluding hydrogens is 240 g/mol. The quantitative estimate of drug-likeness (QED) is 0.510. The van der Waals surface area contributed by atoms with Gasteiger partial charge in [0, 0.05) is 10.7 Å². The van der Waals surface area contributed by atoms with Crippen LogP contribution in [0.4, 0.5) is 0 Å². The summed E-state index contributed by atoms with van der Waals surface area (Å²) in [6, 6.07) is 5.70. The average Bonchev–Trinajstić information content (AvgIpc) is 2.21. The van der Waals surface area contributed by atoms with Crippen molar-refractivity contribution < 1.29 is 18.6 Å². The van der Waals surface area contributed by atoms with Crippen LogP contribution >= 0.6 is 10.7 Å².